The summed E-state index contributed by atoms with van der Waals surface area (Å²) in [6, 6.07) is 12.1. The van der Waals surface area contributed by atoms with Crippen molar-refractivity contribution in [3.8, 4) is 18.2 Å². The molecule has 2 unspecified atom stereocenters. The number of rotatable bonds is 2. The Morgan fingerprint density at radius 1 is 1.31 bits per heavy atom. The van der Waals surface area contributed by atoms with Crippen LogP contribution in [-0.4, -0.2) is 25.3 Å². The van der Waals surface area contributed by atoms with Crippen LogP contribution in [0.5, 0.6) is 0 Å². The molecule has 1 aromatic carbocycles. The zero-order valence-corrected chi connectivity index (χ0v) is 14.5. The molecule has 0 amide bonds. The fraction of sp³-hybridized carbons (Fsp3) is 0.400. The lowest BCUT2D eigenvalue weighted by Crippen LogP contribution is -3.13. The van der Waals surface area contributed by atoms with Crippen molar-refractivity contribution >= 4 is 5.71 Å². The third-order valence-electron chi connectivity index (χ3n) is 5.67. The van der Waals surface area contributed by atoms with Crippen LogP contribution >= 0.6 is 0 Å². The van der Waals surface area contributed by atoms with Gasteiger partial charge in [-0.05, 0) is 36.3 Å². The Bertz CT molecular complexity index is 884. The molecular formula is C20H19FN5+. The first-order chi connectivity index (χ1) is 12.5. The first-order valence-corrected chi connectivity index (χ1v) is 8.62. The zero-order valence-electron chi connectivity index (χ0n) is 14.5. The molecule has 3 rings (SSSR count). The van der Waals surface area contributed by atoms with E-state index in [0.717, 1.165) is 18.7 Å². The molecule has 0 radical (unpaired) electrons. The minimum atomic E-state index is -1.77. The SMILES string of the molecule is CC[NH+]1CC=C2C(C#N)C(=N)C(C#N)(C#N)[C@@H](c3cccc(F)c3)[C@H]2C1. The summed E-state index contributed by atoms with van der Waals surface area (Å²) in [4.78, 5) is 1.27. The molecule has 4 atom stereocenters. The summed E-state index contributed by atoms with van der Waals surface area (Å²) in [6.07, 6.45) is 1.97. The molecule has 26 heavy (non-hydrogen) atoms. The summed E-state index contributed by atoms with van der Waals surface area (Å²) in [7, 11) is 0. The quantitative estimate of drug-likeness (QED) is 0.794. The standard InChI is InChI=1S/C20H18FN5/c1-2-26-7-6-15-16(9-22)19(25)20(11-23,12-24)18(17(15)10-26)13-4-3-5-14(21)8-13/h3-6,8,16-18,25H,2,7,10H2,1H3/p+1/t16?,17-,18-/m0/s1. The molecule has 1 aliphatic carbocycles. The minimum absolute atomic E-state index is 0.193. The van der Waals surface area contributed by atoms with Crippen molar-refractivity contribution in [2.24, 2.45) is 17.3 Å². The van der Waals surface area contributed by atoms with Gasteiger partial charge in [0.05, 0.1) is 43.6 Å². The van der Waals surface area contributed by atoms with E-state index >= 15 is 0 Å². The van der Waals surface area contributed by atoms with Crippen LogP contribution in [0.4, 0.5) is 4.39 Å². The lowest BCUT2D eigenvalue weighted by molar-refractivity contribution is -0.897. The van der Waals surface area contributed by atoms with Crippen molar-refractivity contribution < 1.29 is 9.29 Å². The molecule has 2 aliphatic rings. The van der Waals surface area contributed by atoms with Crippen LogP contribution in [-0.2, 0) is 0 Å². The maximum Gasteiger partial charge on any atom is 0.189 e. The molecule has 6 heteroatoms. The number of likely N-dealkylation sites (N-methyl/N-ethyl adjacent to an activating group) is 1. The summed E-state index contributed by atoms with van der Waals surface area (Å²) < 4.78 is 13.9. The van der Waals surface area contributed by atoms with Gasteiger partial charge in [-0.15, -0.1) is 0 Å². The lowest BCUT2D eigenvalue weighted by Gasteiger charge is -2.46. The summed E-state index contributed by atoms with van der Waals surface area (Å²) in [5.41, 5.74) is -0.638. The fourth-order valence-corrected chi connectivity index (χ4v) is 4.33. The van der Waals surface area contributed by atoms with Crippen LogP contribution in [0.15, 0.2) is 35.9 Å². The summed E-state index contributed by atoms with van der Waals surface area (Å²) in [6.45, 7) is 4.33. The van der Waals surface area contributed by atoms with Gasteiger partial charge < -0.3 is 10.3 Å². The zero-order chi connectivity index (χ0) is 18.9. The Morgan fingerprint density at radius 2 is 2.04 bits per heavy atom. The second-order valence-corrected chi connectivity index (χ2v) is 6.86. The highest BCUT2D eigenvalue weighted by Crippen LogP contribution is 2.52. The van der Waals surface area contributed by atoms with Crippen molar-refractivity contribution in [2.75, 3.05) is 19.6 Å². The van der Waals surface area contributed by atoms with Gasteiger partial charge in [-0.1, -0.05) is 12.1 Å². The smallest absolute Gasteiger partial charge is 0.189 e. The summed E-state index contributed by atoms with van der Waals surface area (Å²) in [5.74, 6) is -2.23. The Morgan fingerprint density at radius 3 is 2.62 bits per heavy atom. The van der Waals surface area contributed by atoms with Gasteiger partial charge in [-0.2, -0.15) is 15.8 Å². The second-order valence-electron chi connectivity index (χ2n) is 6.86. The van der Waals surface area contributed by atoms with E-state index in [-0.39, 0.29) is 11.6 Å². The van der Waals surface area contributed by atoms with E-state index in [1.165, 1.54) is 17.0 Å². The number of quaternary nitrogens is 1. The average molecular weight is 348 g/mol. The van der Waals surface area contributed by atoms with Gasteiger partial charge in [-0.25, -0.2) is 4.39 Å². The number of halogens is 1. The predicted molar refractivity (Wildman–Crippen MR) is 92.4 cm³/mol. The molecule has 0 spiro atoms. The fourth-order valence-electron chi connectivity index (χ4n) is 4.33. The summed E-state index contributed by atoms with van der Waals surface area (Å²) >= 11 is 0. The first-order valence-electron chi connectivity index (χ1n) is 8.62. The van der Waals surface area contributed by atoms with E-state index in [2.05, 4.69) is 13.0 Å². The van der Waals surface area contributed by atoms with Crippen LogP contribution in [0.25, 0.3) is 0 Å². The van der Waals surface area contributed by atoms with Gasteiger partial charge in [-0.3, -0.25) is 0 Å². The highest BCUT2D eigenvalue weighted by molar-refractivity contribution is 6.00. The number of hydrogen-bond donors (Lipinski definition) is 2. The minimum Gasteiger partial charge on any atom is -0.331 e. The molecule has 1 aliphatic heterocycles. The largest absolute Gasteiger partial charge is 0.331 e. The number of nitriles is 3. The summed E-state index contributed by atoms with van der Waals surface area (Å²) in [5, 5.41) is 37.9. The van der Waals surface area contributed by atoms with Gasteiger partial charge in [0.1, 0.15) is 11.7 Å². The number of nitrogens with one attached hydrogen (secondary N) is 2. The van der Waals surface area contributed by atoms with Gasteiger partial charge in [0.25, 0.3) is 0 Å². The highest BCUT2D eigenvalue weighted by atomic mass is 19.1. The van der Waals surface area contributed by atoms with Crippen LogP contribution in [0.1, 0.15) is 18.4 Å². The van der Waals surface area contributed by atoms with Crippen LogP contribution in [0.2, 0.25) is 0 Å². The first kappa shape index (κ1) is 17.8. The van der Waals surface area contributed by atoms with E-state index < -0.39 is 23.1 Å². The number of hydrogen-bond acceptors (Lipinski definition) is 4. The molecule has 130 valence electrons. The van der Waals surface area contributed by atoms with E-state index in [1.54, 1.807) is 12.1 Å². The maximum atomic E-state index is 13.9. The Kier molecular flexibility index (Phi) is 4.60. The van der Waals surface area contributed by atoms with Crippen molar-refractivity contribution in [3.63, 3.8) is 0 Å². The molecule has 1 heterocycles. The Labute approximate surface area is 152 Å². The molecule has 0 saturated heterocycles. The van der Waals surface area contributed by atoms with Crippen LogP contribution in [0.3, 0.4) is 0 Å². The molecule has 2 N–H and O–H groups in total. The third kappa shape index (κ3) is 2.49. The van der Waals surface area contributed by atoms with E-state index in [0.29, 0.717) is 12.1 Å². The molecular weight excluding hydrogens is 329 g/mol. The lowest BCUT2D eigenvalue weighted by atomic mass is 9.54. The van der Waals surface area contributed by atoms with Gasteiger partial charge in [0, 0.05) is 11.8 Å². The molecule has 1 aromatic rings. The molecule has 1 fully saturated rings. The molecule has 1 saturated carbocycles. The second kappa shape index (κ2) is 6.71. The number of fused-ring (bicyclic) bond motifs is 1. The van der Waals surface area contributed by atoms with Crippen molar-refractivity contribution in [3.05, 3.63) is 47.3 Å². The Balaban J connectivity index is 2.26. The number of benzene rings is 1. The Hall–Kier alpha value is -3.01. The van der Waals surface area contributed by atoms with Crippen molar-refractivity contribution in [1.29, 1.82) is 21.2 Å². The number of nitrogens with zero attached hydrogens (tertiary/aromatic N) is 3. The molecule has 0 bridgehead atoms. The van der Waals surface area contributed by atoms with E-state index in [9.17, 15) is 20.2 Å². The van der Waals surface area contributed by atoms with E-state index in [1.807, 2.05) is 18.2 Å². The molecule has 0 aromatic heterocycles. The van der Waals surface area contributed by atoms with Crippen molar-refractivity contribution in [1.82, 2.24) is 0 Å². The normalized spacial score (nSPS) is 29.5. The highest BCUT2D eigenvalue weighted by Gasteiger charge is 2.58. The molecule has 5 nitrogen and oxygen atoms in total. The van der Waals surface area contributed by atoms with Gasteiger partial charge in [0.2, 0.25) is 0 Å². The predicted octanol–water partition coefficient (Wildman–Crippen LogP) is 1.58. The van der Waals surface area contributed by atoms with Crippen molar-refractivity contribution in [2.45, 2.75) is 12.8 Å². The van der Waals surface area contributed by atoms with Crippen LogP contribution < -0.4 is 4.90 Å². The monoisotopic (exact) mass is 348 g/mol. The van der Waals surface area contributed by atoms with Gasteiger partial charge >= 0.3 is 0 Å². The topological polar surface area (TPSA) is 99.7 Å². The van der Waals surface area contributed by atoms with E-state index in [4.69, 9.17) is 5.41 Å². The van der Waals surface area contributed by atoms with Gasteiger partial charge in [0.15, 0.2) is 5.41 Å². The van der Waals surface area contributed by atoms with Crippen LogP contribution in [0, 0.1) is 62.5 Å². The average Bonchev–Trinajstić information content (AvgIpc) is 2.66. The third-order valence-corrected chi connectivity index (χ3v) is 5.67. The maximum absolute atomic E-state index is 13.9.